The smallest absolute Gasteiger partial charge is 0.243 e. The largest absolute Gasteiger partial charge is 0.352 e. The fourth-order valence-corrected chi connectivity index (χ4v) is 5.90. The van der Waals surface area contributed by atoms with Gasteiger partial charge in [0.1, 0.15) is 6.04 Å². The van der Waals surface area contributed by atoms with Crippen molar-refractivity contribution in [3.05, 3.63) is 106 Å². The maximum atomic E-state index is 13.8. The van der Waals surface area contributed by atoms with Crippen molar-refractivity contribution in [2.75, 3.05) is 5.75 Å². The van der Waals surface area contributed by atoms with Gasteiger partial charge in [0.2, 0.25) is 11.8 Å². The third-order valence-electron chi connectivity index (χ3n) is 7.10. The number of benzene rings is 3. The third-order valence-corrected chi connectivity index (χ3v) is 8.34. The number of carbonyl (C=O) groups is 2. The second kappa shape index (κ2) is 14.4. The highest BCUT2D eigenvalue weighted by atomic mass is 35.5. The number of aryl methyl sites for hydroxylation is 1. The average Bonchev–Trinajstić information content (AvgIpc) is 2.94. The number of hydrogen-bond acceptors (Lipinski definition) is 3. The summed E-state index contributed by atoms with van der Waals surface area (Å²) in [7, 11) is 0. The first-order chi connectivity index (χ1) is 18.5. The lowest BCUT2D eigenvalue weighted by Gasteiger charge is -2.33. The Kier molecular flexibility index (Phi) is 10.7. The number of nitrogens with zero attached hydrogens (tertiary/aromatic N) is 1. The first kappa shape index (κ1) is 28.3. The van der Waals surface area contributed by atoms with Crippen molar-refractivity contribution in [3.8, 4) is 0 Å². The van der Waals surface area contributed by atoms with E-state index in [-0.39, 0.29) is 17.9 Å². The van der Waals surface area contributed by atoms with Crippen molar-refractivity contribution in [1.29, 1.82) is 0 Å². The summed E-state index contributed by atoms with van der Waals surface area (Å²) in [6.45, 7) is 2.43. The van der Waals surface area contributed by atoms with Gasteiger partial charge in [-0.3, -0.25) is 9.59 Å². The first-order valence-electron chi connectivity index (χ1n) is 13.5. The van der Waals surface area contributed by atoms with Gasteiger partial charge in [-0.05, 0) is 48.6 Å². The van der Waals surface area contributed by atoms with Gasteiger partial charge in [0.25, 0.3) is 0 Å². The quantitative estimate of drug-likeness (QED) is 0.281. The highest BCUT2D eigenvalue weighted by molar-refractivity contribution is 7.99. The number of carbonyl (C=O) groups excluding carboxylic acids is 2. The molecule has 6 heteroatoms. The van der Waals surface area contributed by atoms with Gasteiger partial charge in [-0.25, -0.2) is 0 Å². The summed E-state index contributed by atoms with van der Waals surface area (Å²) in [6, 6.07) is 25.5. The second-order valence-corrected chi connectivity index (χ2v) is 11.6. The van der Waals surface area contributed by atoms with Gasteiger partial charge in [0.05, 0.1) is 5.75 Å². The molecule has 0 bridgehead atoms. The van der Waals surface area contributed by atoms with Crippen LogP contribution in [-0.2, 0) is 28.3 Å². The fraction of sp³-hybridized carbons (Fsp3) is 0.375. The summed E-state index contributed by atoms with van der Waals surface area (Å²) >= 11 is 7.72. The molecule has 0 spiro atoms. The highest BCUT2D eigenvalue weighted by Gasteiger charge is 2.31. The lowest BCUT2D eigenvalue weighted by molar-refractivity contribution is -0.139. The molecule has 1 aliphatic rings. The van der Waals surface area contributed by atoms with Crippen molar-refractivity contribution in [3.63, 3.8) is 0 Å². The Hall–Kier alpha value is -2.76. The van der Waals surface area contributed by atoms with Crippen LogP contribution in [0.1, 0.15) is 54.4 Å². The number of thioether (sulfide) groups is 1. The molecule has 1 saturated carbocycles. The number of hydrogen-bond donors (Lipinski definition) is 1. The second-order valence-electron chi connectivity index (χ2n) is 10.2. The van der Waals surface area contributed by atoms with Crippen molar-refractivity contribution >= 4 is 35.2 Å². The van der Waals surface area contributed by atoms with Crippen molar-refractivity contribution in [2.45, 2.75) is 69.8 Å². The Morgan fingerprint density at radius 2 is 1.55 bits per heavy atom. The predicted octanol–water partition coefficient (Wildman–Crippen LogP) is 6.97. The molecule has 0 radical (unpaired) electrons. The molecule has 1 atom stereocenters. The van der Waals surface area contributed by atoms with E-state index < -0.39 is 6.04 Å². The van der Waals surface area contributed by atoms with E-state index in [1.165, 1.54) is 17.5 Å². The molecular formula is C32H37ClN2O2S. The molecule has 3 aromatic rings. The predicted molar refractivity (Wildman–Crippen MR) is 158 cm³/mol. The van der Waals surface area contributed by atoms with Crippen LogP contribution < -0.4 is 5.32 Å². The van der Waals surface area contributed by atoms with E-state index in [0.717, 1.165) is 42.6 Å². The van der Waals surface area contributed by atoms with E-state index >= 15 is 0 Å². The number of amides is 2. The van der Waals surface area contributed by atoms with Gasteiger partial charge in [0.15, 0.2) is 0 Å². The highest BCUT2D eigenvalue weighted by Crippen LogP contribution is 2.22. The number of halogens is 1. The minimum absolute atomic E-state index is 0.0308. The van der Waals surface area contributed by atoms with Gasteiger partial charge in [-0.1, -0.05) is 103 Å². The zero-order chi connectivity index (χ0) is 26.7. The van der Waals surface area contributed by atoms with Gasteiger partial charge < -0.3 is 10.2 Å². The molecule has 0 aliphatic heterocycles. The van der Waals surface area contributed by atoms with Crippen LogP contribution in [0.4, 0.5) is 0 Å². The minimum atomic E-state index is -0.595. The van der Waals surface area contributed by atoms with E-state index in [9.17, 15) is 9.59 Å². The SMILES string of the molecule is Cc1ccc(CSCC(=O)N(Cc2ccc(Cl)cc2)[C@H](Cc2ccccc2)C(=O)NC2CCCCC2)cc1. The van der Waals surface area contributed by atoms with Crippen LogP contribution in [0.25, 0.3) is 0 Å². The monoisotopic (exact) mass is 548 g/mol. The molecule has 1 aliphatic carbocycles. The Balaban J connectivity index is 1.55. The zero-order valence-corrected chi connectivity index (χ0v) is 23.6. The molecule has 1 fully saturated rings. The summed E-state index contributed by atoms with van der Waals surface area (Å²) in [5.41, 5.74) is 4.40. The topological polar surface area (TPSA) is 49.4 Å². The molecule has 0 saturated heterocycles. The Bertz CT molecular complexity index is 1160. The fourth-order valence-electron chi connectivity index (χ4n) is 4.91. The standard InChI is InChI=1S/C32H37ClN2O2S/c1-24-12-14-27(15-13-24)22-38-23-31(36)35(21-26-16-18-28(33)19-17-26)30(20-25-8-4-2-5-9-25)32(37)34-29-10-6-3-7-11-29/h2,4-5,8-9,12-19,29-30H,3,6-7,10-11,20-23H2,1H3,(H,34,37)/t30-/m1/s1. The molecule has 200 valence electrons. The summed E-state index contributed by atoms with van der Waals surface area (Å²) in [5.74, 6) is 0.963. The summed E-state index contributed by atoms with van der Waals surface area (Å²) in [4.78, 5) is 29.4. The Labute approximate surface area is 236 Å². The lowest BCUT2D eigenvalue weighted by atomic mass is 9.94. The Morgan fingerprint density at radius 1 is 0.895 bits per heavy atom. The lowest BCUT2D eigenvalue weighted by Crippen LogP contribution is -2.53. The normalized spacial score (nSPS) is 14.6. The molecule has 0 aromatic heterocycles. The van der Waals surface area contributed by atoms with Gasteiger partial charge in [-0.15, -0.1) is 11.8 Å². The molecule has 4 rings (SSSR count). The molecule has 3 aromatic carbocycles. The first-order valence-corrected chi connectivity index (χ1v) is 15.0. The molecule has 4 nitrogen and oxygen atoms in total. The summed E-state index contributed by atoms with van der Waals surface area (Å²) in [5, 5.41) is 3.95. The van der Waals surface area contributed by atoms with Gasteiger partial charge >= 0.3 is 0 Å². The average molecular weight is 549 g/mol. The van der Waals surface area contributed by atoms with Crippen LogP contribution in [0.15, 0.2) is 78.9 Å². The Morgan fingerprint density at radius 3 is 2.24 bits per heavy atom. The van der Waals surface area contributed by atoms with Crippen LogP contribution in [0.2, 0.25) is 5.02 Å². The zero-order valence-electron chi connectivity index (χ0n) is 22.1. The van der Waals surface area contributed by atoms with Crippen LogP contribution in [0.5, 0.6) is 0 Å². The van der Waals surface area contributed by atoms with Crippen LogP contribution in [0, 0.1) is 6.92 Å². The van der Waals surface area contributed by atoms with Crippen LogP contribution in [0.3, 0.4) is 0 Å². The molecule has 2 amide bonds. The minimum Gasteiger partial charge on any atom is -0.352 e. The van der Waals surface area contributed by atoms with Crippen molar-refractivity contribution in [2.24, 2.45) is 0 Å². The molecule has 38 heavy (non-hydrogen) atoms. The number of rotatable bonds is 11. The van der Waals surface area contributed by atoms with E-state index in [1.807, 2.05) is 54.6 Å². The maximum absolute atomic E-state index is 13.8. The van der Waals surface area contributed by atoms with E-state index in [0.29, 0.717) is 23.7 Å². The van der Waals surface area contributed by atoms with E-state index in [2.05, 4.69) is 36.5 Å². The van der Waals surface area contributed by atoms with Crippen LogP contribution in [-0.4, -0.2) is 34.6 Å². The summed E-state index contributed by atoms with van der Waals surface area (Å²) < 4.78 is 0. The van der Waals surface area contributed by atoms with Gasteiger partial charge in [-0.2, -0.15) is 0 Å². The van der Waals surface area contributed by atoms with Crippen LogP contribution >= 0.6 is 23.4 Å². The van der Waals surface area contributed by atoms with Crippen molar-refractivity contribution < 1.29 is 9.59 Å². The molecule has 0 heterocycles. The molecule has 0 unspecified atom stereocenters. The molecule has 1 N–H and O–H groups in total. The number of nitrogens with one attached hydrogen (secondary N) is 1. The molecular weight excluding hydrogens is 512 g/mol. The third kappa shape index (κ3) is 8.64. The van der Waals surface area contributed by atoms with Gasteiger partial charge in [0, 0.05) is 29.8 Å². The summed E-state index contributed by atoms with van der Waals surface area (Å²) in [6.07, 6.45) is 5.97. The maximum Gasteiger partial charge on any atom is 0.243 e. The van der Waals surface area contributed by atoms with E-state index in [4.69, 9.17) is 11.6 Å². The van der Waals surface area contributed by atoms with Crippen molar-refractivity contribution in [1.82, 2.24) is 10.2 Å². The van der Waals surface area contributed by atoms with E-state index in [1.54, 1.807) is 16.7 Å².